The molecule has 1 aromatic rings. The Labute approximate surface area is 106 Å². The third-order valence-corrected chi connectivity index (χ3v) is 3.30. The summed E-state index contributed by atoms with van der Waals surface area (Å²) in [5.74, 6) is 0.0726. The van der Waals surface area contributed by atoms with Gasteiger partial charge in [0.2, 0.25) is 0 Å². The van der Waals surface area contributed by atoms with Crippen LogP contribution in [0, 0.1) is 6.92 Å². The molecule has 1 fully saturated rings. The number of hydrogen-bond acceptors (Lipinski definition) is 4. The fourth-order valence-electron chi connectivity index (χ4n) is 2.30. The van der Waals surface area contributed by atoms with E-state index in [1.807, 2.05) is 20.0 Å². The van der Waals surface area contributed by atoms with Crippen molar-refractivity contribution in [2.75, 3.05) is 13.6 Å². The van der Waals surface area contributed by atoms with E-state index in [1.165, 1.54) is 0 Å². The van der Waals surface area contributed by atoms with Crippen LogP contribution in [0.15, 0.2) is 16.7 Å². The average molecular weight is 253 g/mol. The van der Waals surface area contributed by atoms with Crippen LogP contribution in [0.1, 0.15) is 24.2 Å². The van der Waals surface area contributed by atoms with E-state index in [1.54, 1.807) is 6.26 Å². The number of aliphatic carboxylic acids is 1. The summed E-state index contributed by atoms with van der Waals surface area (Å²) >= 11 is 0. The lowest BCUT2D eigenvalue weighted by Gasteiger charge is -2.20. The van der Waals surface area contributed by atoms with Gasteiger partial charge in [-0.1, -0.05) is 0 Å². The molecule has 1 aromatic heterocycles. The van der Waals surface area contributed by atoms with Crippen molar-refractivity contribution in [1.29, 1.82) is 0 Å². The van der Waals surface area contributed by atoms with Crippen molar-refractivity contribution in [2.24, 2.45) is 0 Å². The molecule has 0 bridgehead atoms. The number of ether oxygens (including phenoxy) is 1. The van der Waals surface area contributed by atoms with E-state index in [0.717, 1.165) is 30.8 Å². The van der Waals surface area contributed by atoms with E-state index in [2.05, 4.69) is 4.90 Å². The lowest BCUT2D eigenvalue weighted by molar-refractivity contribution is -0.149. The molecule has 1 aliphatic heterocycles. The quantitative estimate of drug-likeness (QED) is 0.864. The summed E-state index contributed by atoms with van der Waals surface area (Å²) in [7, 11) is 2.00. The first kappa shape index (κ1) is 13.1. The molecule has 0 radical (unpaired) electrons. The molecule has 5 heteroatoms. The Morgan fingerprint density at radius 3 is 2.89 bits per heavy atom. The maximum atomic E-state index is 10.8. The largest absolute Gasteiger partial charge is 0.479 e. The molecule has 2 atom stereocenters. The van der Waals surface area contributed by atoms with Gasteiger partial charge in [0.1, 0.15) is 5.76 Å². The van der Waals surface area contributed by atoms with Gasteiger partial charge in [-0.25, -0.2) is 4.79 Å². The van der Waals surface area contributed by atoms with Gasteiger partial charge in [0.25, 0.3) is 0 Å². The van der Waals surface area contributed by atoms with E-state index in [9.17, 15) is 4.79 Å². The molecule has 0 amide bonds. The van der Waals surface area contributed by atoms with Gasteiger partial charge in [0.05, 0.1) is 12.4 Å². The Morgan fingerprint density at radius 1 is 1.56 bits per heavy atom. The minimum atomic E-state index is -0.856. The molecule has 1 N–H and O–H groups in total. The number of aryl methyl sites for hydroxylation is 1. The van der Waals surface area contributed by atoms with Crippen LogP contribution in [0.25, 0.3) is 0 Å². The molecule has 1 aliphatic rings. The van der Waals surface area contributed by atoms with Gasteiger partial charge in [-0.3, -0.25) is 4.90 Å². The zero-order valence-electron chi connectivity index (χ0n) is 10.8. The molecule has 5 nitrogen and oxygen atoms in total. The Bertz CT molecular complexity index is 415. The zero-order valence-corrected chi connectivity index (χ0v) is 10.8. The highest BCUT2D eigenvalue weighted by Crippen LogP contribution is 2.21. The standard InChI is InChI=1S/C13H19NO4/c1-9-10(5-6-17-9)7-14(2)8-11-3-4-12(18-11)13(15)16/h5-6,11-12H,3-4,7-8H2,1-2H3,(H,15,16). The van der Waals surface area contributed by atoms with Crippen LogP contribution in [0.2, 0.25) is 0 Å². The third kappa shape index (κ3) is 3.11. The maximum Gasteiger partial charge on any atom is 0.332 e. The molecule has 1 saturated heterocycles. The molecule has 100 valence electrons. The van der Waals surface area contributed by atoms with Gasteiger partial charge in [-0.05, 0) is 32.9 Å². The highest BCUT2D eigenvalue weighted by Gasteiger charge is 2.30. The molecule has 2 unspecified atom stereocenters. The Balaban J connectivity index is 1.80. The van der Waals surface area contributed by atoms with Gasteiger partial charge in [-0.2, -0.15) is 0 Å². The van der Waals surface area contributed by atoms with Crippen molar-refractivity contribution in [3.63, 3.8) is 0 Å². The van der Waals surface area contributed by atoms with Gasteiger partial charge in [-0.15, -0.1) is 0 Å². The summed E-state index contributed by atoms with van der Waals surface area (Å²) in [5.41, 5.74) is 1.16. The van der Waals surface area contributed by atoms with Gasteiger partial charge >= 0.3 is 5.97 Å². The molecular formula is C13H19NO4. The second-order valence-corrected chi connectivity index (χ2v) is 4.86. The molecule has 2 heterocycles. The van der Waals surface area contributed by atoms with Crippen molar-refractivity contribution in [3.05, 3.63) is 23.7 Å². The molecule has 18 heavy (non-hydrogen) atoms. The highest BCUT2D eigenvalue weighted by atomic mass is 16.5. The van der Waals surface area contributed by atoms with E-state index >= 15 is 0 Å². The number of nitrogens with zero attached hydrogens (tertiary/aromatic N) is 1. The molecule has 0 aliphatic carbocycles. The van der Waals surface area contributed by atoms with Crippen molar-refractivity contribution >= 4 is 5.97 Å². The predicted octanol–water partition coefficient (Wildman–Crippen LogP) is 1.65. The average Bonchev–Trinajstić information content (AvgIpc) is 2.89. The van der Waals surface area contributed by atoms with Crippen molar-refractivity contribution < 1.29 is 19.1 Å². The van der Waals surface area contributed by atoms with Crippen LogP contribution in [-0.4, -0.2) is 41.8 Å². The van der Waals surface area contributed by atoms with Gasteiger partial charge in [0, 0.05) is 18.7 Å². The van der Waals surface area contributed by atoms with Crippen LogP contribution < -0.4 is 0 Å². The first-order valence-electron chi connectivity index (χ1n) is 6.16. The van der Waals surface area contributed by atoms with E-state index in [-0.39, 0.29) is 6.10 Å². The van der Waals surface area contributed by atoms with E-state index in [4.69, 9.17) is 14.3 Å². The number of furan rings is 1. The SMILES string of the molecule is Cc1occc1CN(C)CC1CCC(C(=O)O)O1. The summed E-state index contributed by atoms with van der Waals surface area (Å²) in [6.07, 6.45) is 2.50. The van der Waals surface area contributed by atoms with Crippen molar-refractivity contribution in [2.45, 2.75) is 38.5 Å². The Kier molecular flexibility index (Phi) is 4.04. The van der Waals surface area contributed by atoms with Crippen LogP contribution in [0.5, 0.6) is 0 Å². The molecule has 0 spiro atoms. The number of carboxylic acid groups (broad SMARTS) is 1. The third-order valence-electron chi connectivity index (χ3n) is 3.30. The molecule has 2 rings (SSSR count). The van der Waals surface area contributed by atoms with Crippen LogP contribution in [0.3, 0.4) is 0 Å². The second kappa shape index (κ2) is 5.54. The summed E-state index contributed by atoms with van der Waals surface area (Å²) in [5, 5.41) is 8.86. The number of hydrogen-bond donors (Lipinski definition) is 1. The lowest BCUT2D eigenvalue weighted by Crippen LogP contribution is -2.30. The second-order valence-electron chi connectivity index (χ2n) is 4.86. The summed E-state index contributed by atoms with van der Waals surface area (Å²) < 4.78 is 10.7. The van der Waals surface area contributed by atoms with E-state index < -0.39 is 12.1 Å². The minimum Gasteiger partial charge on any atom is -0.479 e. The summed E-state index contributed by atoms with van der Waals surface area (Å²) in [6.45, 7) is 3.48. The maximum absolute atomic E-state index is 10.8. The molecule has 0 saturated carbocycles. The van der Waals surface area contributed by atoms with Crippen LogP contribution >= 0.6 is 0 Å². The van der Waals surface area contributed by atoms with Crippen molar-refractivity contribution in [3.8, 4) is 0 Å². The monoisotopic (exact) mass is 253 g/mol. The molecular weight excluding hydrogens is 234 g/mol. The minimum absolute atomic E-state index is 0.0170. The first-order chi connectivity index (χ1) is 8.56. The Morgan fingerprint density at radius 2 is 2.33 bits per heavy atom. The lowest BCUT2D eigenvalue weighted by atomic mass is 10.2. The van der Waals surface area contributed by atoms with Crippen LogP contribution in [0.4, 0.5) is 0 Å². The highest BCUT2D eigenvalue weighted by molar-refractivity contribution is 5.72. The fourth-order valence-corrected chi connectivity index (χ4v) is 2.30. The number of carboxylic acids is 1. The van der Waals surface area contributed by atoms with E-state index in [0.29, 0.717) is 6.42 Å². The molecule has 0 aromatic carbocycles. The normalized spacial score (nSPS) is 23.7. The van der Waals surface area contributed by atoms with Gasteiger partial charge < -0.3 is 14.3 Å². The van der Waals surface area contributed by atoms with Gasteiger partial charge in [0.15, 0.2) is 6.10 Å². The first-order valence-corrected chi connectivity index (χ1v) is 6.16. The summed E-state index contributed by atoms with van der Waals surface area (Å²) in [4.78, 5) is 12.9. The summed E-state index contributed by atoms with van der Waals surface area (Å²) in [6, 6.07) is 1.96. The number of rotatable bonds is 5. The van der Waals surface area contributed by atoms with Crippen LogP contribution in [-0.2, 0) is 16.1 Å². The zero-order chi connectivity index (χ0) is 13.1. The predicted molar refractivity (Wildman–Crippen MR) is 65.3 cm³/mol. The fraction of sp³-hybridized carbons (Fsp3) is 0.615. The van der Waals surface area contributed by atoms with Crippen molar-refractivity contribution in [1.82, 2.24) is 4.90 Å². The topological polar surface area (TPSA) is 62.9 Å². The smallest absolute Gasteiger partial charge is 0.332 e. The number of likely N-dealkylation sites (N-methyl/N-ethyl adjacent to an activating group) is 1. The Hall–Kier alpha value is -1.33. The number of carbonyl (C=O) groups is 1.